The highest BCUT2D eigenvalue weighted by Crippen LogP contribution is 2.10. The molecule has 0 aliphatic carbocycles. The van der Waals surface area contributed by atoms with Crippen LogP contribution in [0.15, 0.2) is 24.3 Å². The topological polar surface area (TPSA) is 117 Å². The summed E-state index contributed by atoms with van der Waals surface area (Å²) in [6.07, 6.45) is 0.173. The first-order valence-corrected chi connectivity index (χ1v) is 7.53. The first-order valence-electron chi connectivity index (χ1n) is 7.53. The number of methoxy groups -OCH3 is 1. The number of anilines is 1. The Kier molecular flexibility index (Phi) is 7.70. The lowest BCUT2D eigenvalue weighted by Gasteiger charge is -2.14. The van der Waals surface area contributed by atoms with Gasteiger partial charge in [-0.1, -0.05) is 0 Å². The summed E-state index contributed by atoms with van der Waals surface area (Å²) in [4.78, 5) is 34.8. The number of carboxylic acid groups (broad SMARTS) is 1. The van der Waals surface area contributed by atoms with Gasteiger partial charge in [0.05, 0.1) is 0 Å². The Balaban J connectivity index is 2.65. The van der Waals surface area contributed by atoms with Crippen LogP contribution in [0.3, 0.4) is 0 Å². The molecule has 1 unspecified atom stereocenters. The van der Waals surface area contributed by atoms with E-state index < -0.39 is 17.9 Å². The lowest BCUT2D eigenvalue weighted by Crippen LogP contribution is -2.41. The molecule has 0 heterocycles. The molecule has 8 heteroatoms. The smallest absolute Gasteiger partial charge is 0.326 e. The lowest BCUT2D eigenvalue weighted by atomic mass is 10.1. The van der Waals surface area contributed by atoms with Crippen LogP contribution in [0.25, 0.3) is 0 Å². The largest absolute Gasteiger partial charge is 0.480 e. The van der Waals surface area contributed by atoms with Crippen molar-refractivity contribution in [3.8, 4) is 0 Å². The molecular weight excluding hydrogens is 314 g/mol. The van der Waals surface area contributed by atoms with Gasteiger partial charge in [-0.15, -0.1) is 0 Å². The first kappa shape index (κ1) is 19.4. The number of aliphatic carboxylic acids is 1. The minimum Gasteiger partial charge on any atom is -0.480 e. The summed E-state index contributed by atoms with van der Waals surface area (Å²) < 4.78 is 4.83. The molecule has 24 heavy (non-hydrogen) atoms. The van der Waals surface area contributed by atoms with Crippen molar-refractivity contribution in [1.82, 2.24) is 10.6 Å². The van der Waals surface area contributed by atoms with Crippen molar-refractivity contribution in [1.29, 1.82) is 0 Å². The molecule has 132 valence electrons. The maximum atomic E-state index is 12.1. The molecule has 0 saturated carbocycles. The maximum absolute atomic E-state index is 12.1. The second-order valence-corrected chi connectivity index (χ2v) is 5.48. The number of carbonyl (C=O) groups excluding carboxylic acids is 2. The van der Waals surface area contributed by atoms with Crippen molar-refractivity contribution >= 4 is 23.6 Å². The number of amides is 3. The van der Waals surface area contributed by atoms with Gasteiger partial charge in [0.15, 0.2) is 0 Å². The van der Waals surface area contributed by atoms with E-state index in [9.17, 15) is 14.4 Å². The van der Waals surface area contributed by atoms with Crippen LogP contribution in [0, 0.1) is 0 Å². The predicted molar refractivity (Wildman–Crippen MR) is 89.1 cm³/mol. The molecule has 1 rings (SSSR count). The van der Waals surface area contributed by atoms with E-state index >= 15 is 0 Å². The summed E-state index contributed by atoms with van der Waals surface area (Å²) in [7, 11) is 1.46. The van der Waals surface area contributed by atoms with E-state index in [1.807, 2.05) is 13.8 Å². The fraction of sp³-hybridized carbons (Fsp3) is 0.438. The van der Waals surface area contributed by atoms with E-state index in [4.69, 9.17) is 9.84 Å². The summed E-state index contributed by atoms with van der Waals surface area (Å²) in [5.41, 5.74) is 0.826. The normalized spacial score (nSPS) is 11.7. The van der Waals surface area contributed by atoms with Gasteiger partial charge >= 0.3 is 12.0 Å². The van der Waals surface area contributed by atoms with Crippen molar-refractivity contribution in [2.24, 2.45) is 0 Å². The molecule has 0 bridgehead atoms. The first-order chi connectivity index (χ1) is 11.3. The fourth-order valence-electron chi connectivity index (χ4n) is 1.87. The van der Waals surface area contributed by atoms with Crippen LogP contribution in [0.1, 0.15) is 30.6 Å². The quantitative estimate of drug-likeness (QED) is 0.573. The van der Waals surface area contributed by atoms with Gasteiger partial charge in [-0.25, -0.2) is 9.59 Å². The number of carbonyl (C=O) groups is 3. The number of ether oxygens (including phenoxy) is 1. The summed E-state index contributed by atoms with van der Waals surface area (Å²) in [6.45, 7) is 3.91. The highest BCUT2D eigenvalue weighted by molar-refractivity contribution is 5.97. The molecule has 1 atom stereocenters. The van der Waals surface area contributed by atoms with E-state index in [0.29, 0.717) is 11.3 Å². The second kappa shape index (κ2) is 9.51. The van der Waals surface area contributed by atoms with E-state index in [-0.39, 0.29) is 25.1 Å². The zero-order valence-corrected chi connectivity index (χ0v) is 14.0. The minimum atomic E-state index is -1.12. The van der Waals surface area contributed by atoms with Crippen LogP contribution in [0.5, 0.6) is 0 Å². The van der Waals surface area contributed by atoms with E-state index in [2.05, 4.69) is 16.0 Å². The van der Waals surface area contributed by atoms with Crippen LogP contribution < -0.4 is 16.0 Å². The number of benzene rings is 1. The zero-order chi connectivity index (χ0) is 18.1. The van der Waals surface area contributed by atoms with Crippen molar-refractivity contribution in [3.63, 3.8) is 0 Å². The van der Waals surface area contributed by atoms with Gasteiger partial charge in [0.25, 0.3) is 5.91 Å². The summed E-state index contributed by atoms with van der Waals surface area (Å²) in [5.74, 6) is -1.62. The molecule has 0 aliphatic rings. The molecule has 1 aromatic rings. The number of urea groups is 1. The van der Waals surface area contributed by atoms with Crippen LogP contribution in [-0.2, 0) is 9.53 Å². The summed E-state index contributed by atoms with van der Waals surface area (Å²) in [6, 6.07) is 4.81. The third-order valence-electron chi connectivity index (χ3n) is 3.04. The number of nitrogens with one attached hydrogen (secondary N) is 3. The Morgan fingerprint density at radius 1 is 1.12 bits per heavy atom. The SMILES string of the molecule is COCCC(NC(=O)c1ccc(NC(=O)NC(C)C)cc1)C(=O)O. The molecule has 0 aromatic heterocycles. The molecule has 0 saturated heterocycles. The Morgan fingerprint density at radius 3 is 2.25 bits per heavy atom. The number of hydrogen-bond donors (Lipinski definition) is 4. The number of carboxylic acids is 1. The van der Waals surface area contributed by atoms with E-state index in [1.165, 1.54) is 19.2 Å². The molecule has 0 fully saturated rings. The third-order valence-corrected chi connectivity index (χ3v) is 3.04. The molecule has 1 aromatic carbocycles. The van der Waals surface area contributed by atoms with Gasteiger partial charge in [-0.05, 0) is 38.1 Å². The number of hydrogen-bond acceptors (Lipinski definition) is 4. The molecular formula is C16H23N3O5. The third kappa shape index (κ3) is 6.66. The average molecular weight is 337 g/mol. The Hall–Kier alpha value is -2.61. The molecule has 0 aliphatic heterocycles. The molecule has 8 nitrogen and oxygen atoms in total. The van der Waals surface area contributed by atoms with Gasteiger partial charge in [0, 0.05) is 37.4 Å². The Morgan fingerprint density at radius 2 is 1.75 bits per heavy atom. The van der Waals surface area contributed by atoms with Crippen molar-refractivity contribution in [3.05, 3.63) is 29.8 Å². The van der Waals surface area contributed by atoms with Gasteiger partial charge in [0.2, 0.25) is 0 Å². The van der Waals surface area contributed by atoms with Gasteiger partial charge < -0.3 is 25.8 Å². The monoisotopic (exact) mass is 337 g/mol. The van der Waals surface area contributed by atoms with Gasteiger partial charge in [-0.3, -0.25) is 4.79 Å². The summed E-state index contributed by atoms with van der Waals surface area (Å²) in [5, 5.41) is 16.8. The van der Waals surface area contributed by atoms with Crippen LogP contribution in [0.4, 0.5) is 10.5 Å². The van der Waals surface area contributed by atoms with Gasteiger partial charge in [-0.2, -0.15) is 0 Å². The van der Waals surface area contributed by atoms with Crippen LogP contribution in [-0.4, -0.2) is 48.8 Å². The Labute approximate surface area is 140 Å². The Bertz CT molecular complexity index is 572. The second-order valence-electron chi connectivity index (χ2n) is 5.48. The van der Waals surface area contributed by atoms with E-state index in [0.717, 1.165) is 0 Å². The van der Waals surface area contributed by atoms with Crippen molar-refractivity contribution < 1.29 is 24.2 Å². The number of rotatable bonds is 8. The lowest BCUT2D eigenvalue weighted by molar-refractivity contribution is -0.139. The highest BCUT2D eigenvalue weighted by atomic mass is 16.5. The minimum absolute atomic E-state index is 0.00936. The predicted octanol–water partition coefficient (Wildman–Crippen LogP) is 1.44. The van der Waals surface area contributed by atoms with E-state index in [1.54, 1.807) is 12.1 Å². The molecule has 3 amide bonds. The summed E-state index contributed by atoms with van der Waals surface area (Å²) >= 11 is 0. The van der Waals surface area contributed by atoms with Crippen LogP contribution >= 0.6 is 0 Å². The standard InChI is InChI=1S/C16H23N3O5/c1-10(2)17-16(23)18-12-6-4-11(5-7-12)14(20)19-13(15(21)22)8-9-24-3/h4-7,10,13H,8-9H2,1-3H3,(H,19,20)(H,21,22)(H2,17,18,23). The van der Waals surface area contributed by atoms with Crippen molar-refractivity contribution in [2.75, 3.05) is 19.0 Å². The zero-order valence-electron chi connectivity index (χ0n) is 14.0. The van der Waals surface area contributed by atoms with Gasteiger partial charge in [0.1, 0.15) is 6.04 Å². The molecule has 0 radical (unpaired) electrons. The maximum Gasteiger partial charge on any atom is 0.326 e. The molecule has 0 spiro atoms. The van der Waals surface area contributed by atoms with Crippen LogP contribution in [0.2, 0.25) is 0 Å². The fourth-order valence-corrected chi connectivity index (χ4v) is 1.87. The highest BCUT2D eigenvalue weighted by Gasteiger charge is 2.20. The average Bonchev–Trinajstić information content (AvgIpc) is 2.50. The van der Waals surface area contributed by atoms with Crippen molar-refractivity contribution in [2.45, 2.75) is 32.4 Å². The molecule has 4 N–H and O–H groups in total.